The van der Waals surface area contributed by atoms with Crippen LogP contribution in [0, 0.1) is 0 Å². The van der Waals surface area contributed by atoms with Crippen molar-refractivity contribution in [3.63, 3.8) is 0 Å². The fourth-order valence-electron chi connectivity index (χ4n) is 1.31. The summed E-state index contributed by atoms with van der Waals surface area (Å²) in [6, 6.07) is 9.72. The van der Waals surface area contributed by atoms with Gasteiger partial charge in [0.1, 0.15) is 5.82 Å². The van der Waals surface area contributed by atoms with Gasteiger partial charge in [0.15, 0.2) is 0 Å². The van der Waals surface area contributed by atoms with Gasteiger partial charge in [-0.15, -0.1) is 0 Å². The Balaban J connectivity index is 2.74. The summed E-state index contributed by atoms with van der Waals surface area (Å²) in [6.45, 7) is 0. The lowest BCUT2D eigenvalue weighted by molar-refractivity contribution is 1.35. The Kier molecular flexibility index (Phi) is 1.77. The SMILES string of the molecule is CNc1ccc2cccc(N)c2n1. The van der Waals surface area contributed by atoms with Crippen LogP contribution >= 0.6 is 0 Å². The predicted molar refractivity (Wildman–Crippen MR) is 55.7 cm³/mol. The van der Waals surface area contributed by atoms with Crippen molar-refractivity contribution in [1.29, 1.82) is 0 Å². The normalized spacial score (nSPS) is 10.2. The fraction of sp³-hybridized carbons (Fsp3) is 0.100. The zero-order valence-electron chi connectivity index (χ0n) is 7.41. The number of nitrogen functional groups attached to an aromatic ring is 1. The fourth-order valence-corrected chi connectivity index (χ4v) is 1.31. The molecule has 0 spiro atoms. The molecular formula is C10H11N3. The van der Waals surface area contributed by atoms with Gasteiger partial charge in [0.25, 0.3) is 0 Å². The molecule has 1 aromatic carbocycles. The number of pyridine rings is 1. The van der Waals surface area contributed by atoms with E-state index in [0.717, 1.165) is 22.4 Å². The maximum absolute atomic E-state index is 5.79. The van der Waals surface area contributed by atoms with Crippen LogP contribution in [0.5, 0.6) is 0 Å². The van der Waals surface area contributed by atoms with Crippen LogP contribution in [0.1, 0.15) is 0 Å². The van der Waals surface area contributed by atoms with E-state index in [1.165, 1.54) is 0 Å². The van der Waals surface area contributed by atoms with E-state index in [1.54, 1.807) is 0 Å². The summed E-state index contributed by atoms with van der Waals surface area (Å²) in [4.78, 5) is 4.36. The summed E-state index contributed by atoms with van der Waals surface area (Å²) in [6.07, 6.45) is 0. The summed E-state index contributed by atoms with van der Waals surface area (Å²) in [5, 5.41) is 4.05. The molecule has 3 heteroatoms. The van der Waals surface area contributed by atoms with Crippen LogP contribution in [-0.2, 0) is 0 Å². The Morgan fingerprint density at radius 2 is 2.08 bits per heavy atom. The third-order valence-corrected chi connectivity index (χ3v) is 2.01. The van der Waals surface area contributed by atoms with Gasteiger partial charge in [0.2, 0.25) is 0 Å². The van der Waals surface area contributed by atoms with Gasteiger partial charge in [-0.2, -0.15) is 0 Å². The Bertz CT molecular complexity index is 437. The van der Waals surface area contributed by atoms with Crippen molar-refractivity contribution < 1.29 is 0 Å². The van der Waals surface area contributed by atoms with Gasteiger partial charge >= 0.3 is 0 Å². The minimum Gasteiger partial charge on any atom is -0.397 e. The van der Waals surface area contributed by atoms with Crippen LogP contribution in [0.25, 0.3) is 10.9 Å². The molecule has 0 atom stereocenters. The van der Waals surface area contributed by atoms with E-state index < -0.39 is 0 Å². The predicted octanol–water partition coefficient (Wildman–Crippen LogP) is 1.86. The highest BCUT2D eigenvalue weighted by Gasteiger charge is 1.98. The van der Waals surface area contributed by atoms with Gasteiger partial charge in [-0.05, 0) is 18.2 Å². The highest BCUT2D eigenvalue weighted by molar-refractivity contribution is 5.90. The molecule has 2 aromatic rings. The van der Waals surface area contributed by atoms with Crippen LogP contribution in [-0.4, -0.2) is 12.0 Å². The van der Waals surface area contributed by atoms with Gasteiger partial charge < -0.3 is 11.1 Å². The lowest BCUT2D eigenvalue weighted by Crippen LogP contribution is -1.94. The van der Waals surface area contributed by atoms with E-state index in [-0.39, 0.29) is 0 Å². The maximum atomic E-state index is 5.79. The number of fused-ring (bicyclic) bond motifs is 1. The highest BCUT2D eigenvalue weighted by atomic mass is 15.0. The number of hydrogen-bond donors (Lipinski definition) is 2. The number of nitrogens with two attached hydrogens (primary N) is 1. The summed E-state index contributed by atoms with van der Waals surface area (Å²) >= 11 is 0. The summed E-state index contributed by atoms with van der Waals surface area (Å²) in [5.41, 5.74) is 7.36. The molecule has 0 aliphatic heterocycles. The molecule has 66 valence electrons. The van der Waals surface area contributed by atoms with E-state index in [9.17, 15) is 0 Å². The highest BCUT2D eigenvalue weighted by Crippen LogP contribution is 2.20. The third-order valence-electron chi connectivity index (χ3n) is 2.01. The van der Waals surface area contributed by atoms with Crippen molar-refractivity contribution >= 4 is 22.4 Å². The van der Waals surface area contributed by atoms with E-state index in [2.05, 4.69) is 10.3 Å². The topological polar surface area (TPSA) is 50.9 Å². The molecule has 0 aliphatic carbocycles. The minimum atomic E-state index is 0.717. The minimum absolute atomic E-state index is 0.717. The number of hydrogen-bond acceptors (Lipinski definition) is 3. The van der Waals surface area contributed by atoms with Crippen molar-refractivity contribution in [2.45, 2.75) is 0 Å². The van der Waals surface area contributed by atoms with Crippen molar-refractivity contribution in [2.75, 3.05) is 18.1 Å². The van der Waals surface area contributed by atoms with Gasteiger partial charge in [-0.1, -0.05) is 12.1 Å². The van der Waals surface area contributed by atoms with E-state index in [4.69, 9.17) is 5.73 Å². The van der Waals surface area contributed by atoms with Crippen LogP contribution < -0.4 is 11.1 Å². The van der Waals surface area contributed by atoms with Crippen molar-refractivity contribution in [3.8, 4) is 0 Å². The second-order valence-electron chi connectivity index (χ2n) is 2.87. The Hall–Kier alpha value is -1.77. The summed E-state index contributed by atoms with van der Waals surface area (Å²) in [7, 11) is 1.84. The standard InChI is InChI=1S/C10H11N3/c1-12-9-6-5-7-3-2-4-8(11)10(7)13-9/h2-6H,11H2,1H3,(H,12,13). The first-order valence-electron chi connectivity index (χ1n) is 4.14. The molecule has 2 rings (SSSR count). The molecule has 0 fully saturated rings. The zero-order chi connectivity index (χ0) is 9.26. The molecule has 3 nitrogen and oxygen atoms in total. The average molecular weight is 173 g/mol. The van der Waals surface area contributed by atoms with Crippen LogP contribution in [0.2, 0.25) is 0 Å². The first-order valence-corrected chi connectivity index (χ1v) is 4.14. The molecule has 0 unspecified atom stereocenters. The van der Waals surface area contributed by atoms with Crippen molar-refractivity contribution in [2.24, 2.45) is 0 Å². The lowest BCUT2D eigenvalue weighted by atomic mass is 10.2. The Labute approximate surface area is 76.6 Å². The van der Waals surface area contributed by atoms with Crippen LogP contribution in [0.4, 0.5) is 11.5 Å². The second kappa shape index (κ2) is 2.94. The zero-order valence-corrected chi connectivity index (χ0v) is 7.41. The largest absolute Gasteiger partial charge is 0.397 e. The van der Waals surface area contributed by atoms with E-state index in [0.29, 0.717) is 0 Å². The number of benzene rings is 1. The smallest absolute Gasteiger partial charge is 0.126 e. The molecule has 13 heavy (non-hydrogen) atoms. The first kappa shape index (κ1) is 7.86. The number of para-hydroxylation sites is 1. The molecule has 0 amide bonds. The average Bonchev–Trinajstić information content (AvgIpc) is 2.18. The molecule has 3 N–H and O–H groups in total. The molecule has 0 saturated heterocycles. The van der Waals surface area contributed by atoms with Gasteiger partial charge in [-0.25, -0.2) is 4.98 Å². The molecule has 1 heterocycles. The number of rotatable bonds is 1. The van der Waals surface area contributed by atoms with Gasteiger partial charge in [0, 0.05) is 12.4 Å². The second-order valence-corrected chi connectivity index (χ2v) is 2.87. The van der Waals surface area contributed by atoms with Crippen molar-refractivity contribution in [3.05, 3.63) is 30.3 Å². The lowest BCUT2D eigenvalue weighted by Gasteiger charge is -2.03. The molecule has 0 radical (unpaired) electrons. The summed E-state index contributed by atoms with van der Waals surface area (Å²) in [5.74, 6) is 0.838. The summed E-state index contributed by atoms with van der Waals surface area (Å²) < 4.78 is 0. The van der Waals surface area contributed by atoms with E-state index >= 15 is 0 Å². The quantitative estimate of drug-likeness (QED) is 0.647. The molecule has 0 saturated carbocycles. The monoisotopic (exact) mass is 173 g/mol. The molecule has 0 bridgehead atoms. The molecule has 0 aliphatic rings. The number of anilines is 2. The van der Waals surface area contributed by atoms with Crippen LogP contribution in [0.3, 0.4) is 0 Å². The van der Waals surface area contributed by atoms with Gasteiger partial charge in [-0.3, -0.25) is 0 Å². The number of nitrogens with zero attached hydrogens (tertiary/aromatic N) is 1. The first-order chi connectivity index (χ1) is 6.31. The molecular weight excluding hydrogens is 162 g/mol. The van der Waals surface area contributed by atoms with Crippen LogP contribution in [0.15, 0.2) is 30.3 Å². The Morgan fingerprint density at radius 1 is 1.23 bits per heavy atom. The number of nitrogens with one attached hydrogen (secondary N) is 1. The Morgan fingerprint density at radius 3 is 2.85 bits per heavy atom. The third kappa shape index (κ3) is 1.28. The van der Waals surface area contributed by atoms with E-state index in [1.807, 2.05) is 37.4 Å². The maximum Gasteiger partial charge on any atom is 0.126 e. The number of aromatic nitrogens is 1. The van der Waals surface area contributed by atoms with Gasteiger partial charge in [0.05, 0.1) is 11.2 Å². The van der Waals surface area contributed by atoms with Crippen molar-refractivity contribution in [1.82, 2.24) is 4.98 Å². The molecule has 1 aromatic heterocycles.